The van der Waals surface area contributed by atoms with Crippen LogP contribution in [0.4, 0.5) is 0 Å². The molecule has 186 valence electrons. The summed E-state index contributed by atoms with van der Waals surface area (Å²) in [6.45, 7) is 1.29. The maximum Gasteiger partial charge on any atom is 0.107 e. The summed E-state index contributed by atoms with van der Waals surface area (Å²) in [5, 5.41) is 10.7. The Morgan fingerprint density at radius 2 is 1.47 bits per heavy atom. The third-order valence-corrected chi connectivity index (χ3v) is 10.1. The molecule has 1 heterocycles. The fourth-order valence-corrected chi connectivity index (χ4v) is 8.61. The number of benzene rings is 3. The van der Waals surface area contributed by atoms with Crippen LogP contribution in [0, 0.1) is 22.7 Å². The van der Waals surface area contributed by atoms with Crippen molar-refractivity contribution in [3.63, 3.8) is 0 Å². The molecule has 3 unspecified atom stereocenters. The second-order valence-electron chi connectivity index (χ2n) is 11.7. The first kappa shape index (κ1) is 25.2. The predicted octanol–water partition coefficient (Wildman–Crippen LogP) is 3.91. The molecule has 36 heavy (non-hydrogen) atoms. The third kappa shape index (κ3) is 3.85. The molecule has 1 aliphatic heterocycles. The number of halogens is 1. The summed E-state index contributed by atoms with van der Waals surface area (Å²) in [7, 11) is 2.55. The number of quaternary nitrogens is 1. The molecule has 0 radical (unpaired) electrons. The zero-order valence-corrected chi connectivity index (χ0v) is 22.9. The zero-order valence-electron chi connectivity index (χ0n) is 21.3. The third-order valence-electron chi connectivity index (χ3n) is 10.1. The van der Waals surface area contributed by atoms with Gasteiger partial charge in [0.1, 0.15) is 17.5 Å². The lowest BCUT2D eigenvalue weighted by Gasteiger charge is -2.71. The Labute approximate surface area is 227 Å². The fourth-order valence-electron chi connectivity index (χ4n) is 8.61. The lowest BCUT2D eigenvalue weighted by Crippen LogP contribution is -3.00. The number of likely N-dealkylation sites (tertiary alicyclic amines) is 1. The monoisotopic (exact) mass is 540 g/mol. The molecule has 0 amide bonds. The zero-order chi connectivity index (χ0) is 23.9. The maximum absolute atomic E-state index is 10.7. The first-order valence-corrected chi connectivity index (χ1v) is 13.5. The number of nitrogens with zero attached hydrogens (tertiary/aromatic N) is 2. The minimum atomic E-state index is -0.566. The van der Waals surface area contributed by atoms with Crippen molar-refractivity contribution >= 4 is 0 Å². The van der Waals surface area contributed by atoms with Crippen LogP contribution in [0.25, 0.3) is 0 Å². The van der Waals surface area contributed by atoms with Gasteiger partial charge in [-0.05, 0) is 48.3 Å². The van der Waals surface area contributed by atoms with Crippen molar-refractivity contribution in [3.8, 4) is 6.07 Å². The van der Waals surface area contributed by atoms with Crippen molar-refractivity contribution in [1.29, 1.82) is 5.26 Å². The summed E-state index contributed by atoms with van der Waals surface area (Å²) in [5.41, 5.74) is 3.75. The number of hydrogen-bond donors (Lipinski definition) is 0. The Morgan fingerprint density at radius 1 is 0.889 bits per heavy atom. The van der Waals surface area contributed by atoms with E-state index in [2.05, 4.69) is 104 Å². The van der Waals surface area contributed by atoms with Gasteiger partial charge in [0.05, 0.1) is 25.1 Å². The quantitative estimate of drug-likeness (QED) is 0.397. The SMILES string of the molecule is C[N+]1(CCCc2ccccc2)[C@H]2CCC23CC(CC(C#N)(c2ccccc2)c2ccccc2)C[C@@H]31.[Br-]. The van der Waals surface area contributed by atoms with E-state index in [1.807, 2.05) is 0 Å². The van der Waals surface area contributed by atoms with Crippen LogP contribution in [-0.4, -0.2) is 30.2 Å². The summed E-state index contributed by atoms with van der Waals surface area (Å²) in [6.07, 6.45) is 8.79. The second-order valence-corrected chi connectivity index (χ2v) is 11.7. The standard InChI is InChI=1S/C33H37N2.BrH/c1-35(21-11-14-26-12-5-2-6-13-26)30-19-20-32(30)23-27(22-31(32)35)24-33(25-34,28-15-7-3-8-16-28)29-17-9-4-10-18-29;/h2-10,12-13,15-18,27,30-31H,11,14,19-24H2,1H3;1H/q+1;/p-1/t27?,30-,31-,32?,35?;/m0./s1. The maximum atomic E-state index is 10.7. The predicted molar refractivity (Wildman–Crippen MR) is 142 cm³/mol. The van der Waals surface area contributed by atoms with E-state index in [1.165, 1.54) is 55.1 Å². The van der Waals surface area contributed by atoms with Gasteiger partial charge in [-0.25, -0.2) is 0 Å². The van der Waals surface area contributed by atoms with Crippen molar-refractivity contribution < 1.29 is 21.5 Å². The molecule has 0 N–H and O–H groups in total. The van der Waals surface area contributed by atoms with E-state index in [0.717, 1.165) is 29.6 Å². The Kier molecular flexibility index (Phi) is 6.88. The van der Waals surface area contributed by atoms with E-state index in [1.54, 1.807) is 0 Å². The molecule has 2 saturated carbocycles. The summed E-state index contributed by atoms with van der Waals surface area (Å²) >= 11 is 0. The number of hydrogen-bond acceptors (Lipinski definition) is 1. The molecule has 3 aliphatic rings. The van der Waals surface area contributed by atoms with Gasteiger partial charge in [0.25, 0.3) is 0 Å². The molecule has 3 fully saturated rings. The van der Waals surface area contributed by atoms with E-state index in [0.29, 0.717) is 11.3 Å². The van der Waals surface area contributed by atoms with Gasteiger partial charge in [0.15, 0.2) is 0 Å². The number of aryl methyl sites for hydroxylation is 1. The molecule has 5 atom stereocenters. The lowest BCUT2D eigenvalue weighted by molar-refractivity contribution is -1.03. The average Bonchev–Trinajstić information content (AvgIpc) is 3.29. The highest BCUT2D eigenvalue weighted by Crippen LogP contribution is 2.70. The molecule has 6 rings (SSSR count). The van der Waals surface area contributed by atoms with Gasteiger partial charge in [-0.2, -0.15) is 5.26 Å². The Bertz CT molecular complexity index is 1170. The fraction of sp³-hybridized carbons (Fsp3) is 0.424. The van der Waals surface area contributed by atoms with Gasteiger partial charge in [0, 0.05) is 19.3 Å². The van der Waals surface area contributed by atoms with Gasteiger partial charge in [-0.1, -0.05) is 91.0 Å². The number of rotatable bonds is 8. The van der Waals surface area contributed by atoms with Gasteiger partial charge in [-0.15, -0.1) is 0 Å². The van der Waals surface area contributed by atoms with Crippen molar-refractivity contribution in [2.75, 3.05) is 13.6 Å². The van der Waals surface area contributed by atoms with Gasteiger partial charge in [-0.3, -0.25) is 0 Å². The molecule has 2 nitrogen and oxygen atoms in total. The smallest absolute Gasteiger partial charge is 0.107 e. The van der Waals surface area contributed by atoms with Gasteiger partial charge in [0.2, 0.25) is 0 Å². The van der Waals surface area contributed by atoms with Crippen LogP contribution < -0.4 is 17.0 Å². The summed E-state index contributed by atoms with van der Waals surface area (Å²) in [6, 6.07) is 36.5. The highest BCUT2D eigenvalue weighted by atomic mass is 79.9. The number of nitriles is 1. The number of piperidine rings is 1. The van der Waals surface area contributed by atoms with Crippen molar-refractivity contribution in [3.05, 3.63) is 108 Å². The Hall–Kier alpha value is -2.41. The van der Waals surface area contributed by atoms with Crippen molar-refractivity contribution in [2.24, 2.45) is 11.3 Å². The minimum Gasteiger partial charge on any atom is -1.00 e. The first-order valence-electron chi connectivity index (χ1n) is 13.5. The van der Waals surface area contributed by atoms with Gasteiger partial charge >= 0.3 is 0 Å². The molecule has 0 bridgehead atoms. The molecular weight excluding hydrogens is 504 g/mol. The van der Waals surface area contributed by atoms with E-state index < -0.39 is 5.41 Å². The van der Waals surface area contributed by atoms with Crippen LogP contribution in [0.1, 0.15) is 55.2 Å². The topological polar surface area (TPSA) is 23.8 Å². The molecule has 0 aromatic heterocycles. The molecule has 2 aliphatic carbocycles. The van der Waals surface area contributed by atoms with Crippen molar-refractivity contribution in [2.45, 2.75) is 62.4 Å². The molecular formula is C33H37BrN2. The van der Waals surface area contributed by atoms with E-state index >= 15 is 0 Å². The minimum absolute atomic E-state index is 0. The van der Waals surface area contributed by atoms with Crippen LogP contribution in [-0.2, 0) is 11.8 Å². The molecule has 1 spiro atoms. The van der Waals surface area contributed by atoms with Crippen LogP contribution in [0.2, 0.25) is 0 Å². The molecule has 3 aromatic rings. The highest BCUT2D eigenvalue weighted by molar-refractivity contribution is 5.46. The lowest BCUT2D eigenvalue weighted by atomic mass is 9.51. The molecule has 3 heteroatoms. The molecule has 1 saturated heterocycles. The van der Waals surface area contributed by atoms with Crippen LogP contribution in [0.15, 0.2) is 91.0 Å². The van der Waals surface area contributed by atoms with Crippen LogP contribution in [0.3, 0.4) is 0 Å². The van der Waals surface area contributed by atoms with Crippen LogP contribution in [0.5, 0.6) is 0 Å². The highest BCUT2D eigenvalue weighted by Gasteiger charge is 2.77. The first-order chi connectivity index (χ1) is 17.1. The van der Waals surface area contributed by atoms with E-state index in [-0.39, 0.29) is 17.0 Å². The largest absolute Gasteiger partial charge is 1.00 e. The summed E-state index contributed by atoms with van der Waals surface area (Å²) < 4.78 is 1.28. The van der Waals surface area contributed by atoms with Gasteiger partial charge < -0.3 is 21.5 Å². The van der Waals surface area contributed by atoms with Crippen molar-refractivity contribution in [1.82, 2.24) is 0 Å². The van der Waals surface area contributed by atoms with E-state index in [9.17, 15) is 5.26 Å². The average molecular weight is 542 g/mol. The van der Waals surface area contributed by atoms with E-state index in [4.69, 9.17) is 0 Å². The van der Waals surface area contributed by atoms with Crippen LogP contribution >= 0.6 is 0 Å². The second kappa shape index (κ2) is 9.81. The molecule has 3 aromatic carbocycles. The summed E-state index contributed by atoms with van der Waals surface area (Å²) in [5.74, 6) is 0.608. The Balaban J connectivity index is 0.00000267. The normalized spacial score (nSPS) is 30.1. The summed E-state index contributed by atoms with van der Waals surface area (Å²) in [4.78, 5) is 0. The Morgan fingerprint density at radius 3 is 2.00 bits per heavy atom.